The van der Waals surface area contributed by atoms with Crippen molar-refractivity contribution in [3.8, 4) is 0 Å². The number of hydrogen-bond acceptors (Lipinski definition) is 8. The zero-order chi connectivity index (χ0) is 20.7. The fraction of sp³-hybridized carbons (Fsp3) is 0.357. The van der Waals surface area contributed by atoms with Crippen molar-refractivity contribution >= 4 is 34.8 Å². The van der Waals surface area contributed by atoms with Crippen LogP contribution in [0.1, 0.15) is 12.8 Å². The lowest BCUT2D eigenvalue weighted by Gasteiger charge is -2.20. The van der Waals surface area contributed by atoms with Crippen LogP contribution in [0.2, 0.25) is 0 Å². The van der Waals surface area contributed by atoms with E-state index >= 15 is 0 Å². The predicted octanol–water partition coefficient (Wildman–Crippen LogP) is -0.226. The number of carboxylic acid groups (broad SMARTS) is 1. The highest BCUT2D eigenvalue weighted by Crippen LogP contribution is 2.31. The first-order valence-electron chi connectivity index (χ1n) is 7.47. The number of non-ortho nitro benzene ring substituents is 1. The fourth-order valence-corrected chi connectivity index (χ4v) is 2.18. The summed E-state index contributed by atoms with van der Waals surface area (Å²) in [4.78, 5) is 55.3. The Labute approximate surface area is 152 Å². The predicted molar refractivity (Wildman–Crippen MR) is 91.0 cm³/mol. The quantitative estimate of drug-likeness (QED) is 0.360. The number of amides is 2. The molecule has 0 aliphatic heterocycles. The van der Waals surface area contributed by atoms with Crippen LogP contribution in [0.3, 0.4) is 0 Å². The third-order valence-corrected chi connectivity index (χ3v) is 3.47. The number of aliphatic carboxylic acids is 1. The number of carbonyl (C=O) groups is 3. The number of benzene rings is 1. The summed E-state index contributed by atoms with van der Waals surface area (Å²) in [7, 11) is 1.33. The molecule has 1 aromatic carbocycles. The van der Waals surface area contributed by atoms with E-state index in [4.69, 9.17) is 10.8 Å². The third-order valence-electron chi connectivity index (χ3n) is 3.47. The van der Waals surface area contributed by atoms with E-state index in [-0.39, 0.29) is 18.5 Å². The molecule has 2 amide bonds. The molecule has 0 bridgehead atoms. The van der Waals surface area contributed by atoms with Crippen LogP contribution in [0.15, 0.2) is 18.2 Å². The van der Waals surface area contributed by atoms with Crippen LogP contribution in [0, 0.1) is 20.2 Å². The van der Waals surface area contributed by atoms with Crippen LogP contribution in [-0.2, 0) is 14.4 Å². The topological polar surface area (TPSA) is 199 Å². The average molecular weight is 383 g/mol. The molecule has 0 aliphatic rings. The van der Waals surface area contributed by atoms with Crippen molar-refractivity contribution in [1.82, 2.24) is 5.32 Å². The summed E-state index contributed by atoms with van der Waals surface area (Å²) in [5.74, 6) is -2.87. The van der Waals surface area contributed by atoms with E-state index in [9.17, 15) is 34.6 Å². The van der Waals surface area contributed by atoms with Crippen molar-refractivity contribution in [3.05, 3.63) is 38.4 Å². The number of nitrogens with zero attached hydrogens (tertiary/aromatic N) is 3. The molecular formula is C14H17N5O8. The zero-order valence-corrected chi connectivity index (χ0v) is 14.2. The largest absolute Gasteiger partial charge is 0.480 e. The van der Waals surface area contributed by atoms with Crippen LogP contribution in [0.25, 0.3) is 0 Å². The second-order valence-corrected chi connectivity index (χ2v) is 5.51. The highest BCUT2D eigenvalue weighted by molar-refractivity contribution is 5.87. The van der Waals surface area contributed by atoms with E-state index in [0.29, 0.717) is 0 Å². The Bertz CT molecular complexity index is 781. The molecule has 146 valence electrons. The minimum atomic E-state index is -1.37. The molecule has 0 fully saturated rings. The van der Waals surface area contributed by atoms with Gasteiger partial charge in [-0.25, -0.2) is 4.79 Å². The van der Waals surface area contributed by atoms with Gasteiger partial charge in [-0.3, -0.25) is 29.8 Å². The molecule has 1 aromatic rings. The van der Waals surface area contributed by atoms with Crippen molar-refractivity contribution in [2.75, 3.05) is 18.5 Å². The van der Waals surface area contributed by atoms with Gasteiger partial charge < -0.3 is 21.1 Å². The van der Waals surface area contributed by atoms with Crippen molar-refractivity contribution < 1.29 is 29.3 Å². The number of carboxylic acids is 1. The number of nitrogens with two attached hydrogens (primary N) is 1. The van der Waals surface area contributed by atoms with Gasteiger partial charge in [-0.2, -0.15) is 0 Å². The van der Waals surface area contributed by atoms with Gasteiger partial charge in [0.25, 0.3) is 11.4 Å². The number of likely N-dealkylation sites (N-methyl/N-ethyl adjacent to an activating group) is 1. The molecule has 0 saturated carbocycles. The van der Waals surface area contributed by atoms with Crippen molar-refractivity contribution in [1.29, 1.82) is 0 Å². The van der Waals surface area contributed by atoms with Gasteiger partial charge in [0.2, 0.25) is 11.8 Å². The summed E-state index contributed by atoms with van der Waals surface area (Å²) in [5, 5.41) is 33.1. The second kappa shape index (κ2) is 9.07. The first-order valence-corrected chi connectivity index (χ1v) is 7.47. The molecule has 0 unspecified atom stereocenters. The van der Waals surface area contributed by atoms with E-state index in [2.05, 4.69) is 5.32 Å². The van der Waals surface area contributed by atoms with E-state index in [0.717, 1.165) is 23.1 Å². The summed E-state index contributed by atoms with van der Waals surface area (Å²) in [6.07, 6.45) is -0.460. The number of nitrogens with one attached hydrogen (secondary N) is 1. The molecule has 0 saturated heterocycles. The van der Waals surface area contributed by atoms with Crippen molar-refractivity contribution in [3.63, 3.8) is 0 Å². The molecule has 13 nitrogen and oxygen atoms in total. The minimum absolute atomic E-state index is 0.0650. The lowest BCUT2D eigenvalue weighted by Crippen LogP contribution is -2.45. The van der Waals surface area contributed by atoms with Gasteiger partial charge in [0.1, 0.15) is 11.7 Å². The fourth-order valence-electron chi connectivity index (χ4n) is 2.18. The van der Waals surface area contributed by atoms with Gasteiger partial charge in [-0.1, -0.05) is 0 Å². The number of nitro groups is 2. The number of primary amides is 1. The van der Waals surface area contributed by atoms with Crippen LogP contribution in [0.4, 0.5) is 17.1 Å². The summed E-state index contributed by atoms with van der Waals surface area (Å²) in [6, 6.07) is 1.57. The summed E-state index contributed by atoms with van der Waals surface area (Å²) in [5.41, 5.74) is 3.81. The summed E-state index contributed by atoms with van der Waals surface area (Å²) in [6.45, 7) is -0.459. The standard InChI is InChI=1S/C14H17N5O8/c1-17(7-13(21)16-9(14(22)23)3-5-12(15)20)10-4-2-8(18(24)25)6-11(10)19(26)27/h2,4,6,9H,3,5,7H2,1H3,(H2,15,20)(H,16,21)(H,22,23)/t9-/m0/s1. The van der Waals surface area contributed by atoms with E-state index < -0.39 is 51.6 Å². The molecule has 13 heteroatoms. The first-order chi connectivity index (χ1) is 12.5. The number of anilines is 1. The normalized spacial score (nSPS) is 11.3. The molecule has 0 aromatic heterocycles. The Morgan fingerprint density at radius 3 is 2.37 bits per heavy atom. The smallest absolute Gasteiger partial charge is 0.326 e. The van der Waals surface area contributed by atoms with Gasteiger partial charge in [0.15, 0.2) is 0 Å². The lowest BCUT2D eigenvalue weighted by atomic mass is 10.1. The van der Waals surface area contributed by atoms with E-state index in [1.54, 1.807) is 0 Å². The van der Waals surface area contributed by atoms with Gasteiger partial charge in [-0.15, -0.1) is 0 Å². The third kappa shape index (κ3) is 6.22. The Morgan fingerprint density at radius 2 is 1.89 bits per heavy atom. The van der Waals surface area contributed by atoms with Crippen LogP contribution < -0.4 is 16.0 Å². The molecule has 0 aliphatic carbocycles. The molecule has 1 rings (SSSR count). The lowest BCUT2D eigenvalue weighted by molar-refractivity contribution is -0.393. The summed E-state index contributed by atoms with van der Waals surface area (Å²) >= 11 is 0. The van der Waals surface area contributed by atoms with Crippen molar-refractivity contribution in [2.24, 2.45) is 5.73 Å². The Balaban J connectivity index is 2.90. The number of carbonyl (C=O) groups excluding carboxylic acids is 2. The van der Waals surface area contributed by atoms with E-state index in [1.807, 2.05) is 0 Å². The number of hydrogen-bond donors (Lipinski definition) is 3. The molecular weight excluding hydrogens is 366 g/mol. The Kier molecular flexibility index (Phi) is 7.15. The first kappa shape index (κ1) is 21.3. The minimum Gasteiger partial charge on any atom is -0.480 e. The molecule has 0 spiro atoms. The second-order valence-electron chi connectivity index (χ2n) is 5.51. The molecule has 0 radical (unpaired) electrons. The van der Waals surface area contributed by atoms with Crippen LogP contribution >= 0.6 is 0 Å². The highest BCUT2D eigenvalue weighted by Gasteiger charge is 2.25. The molecule has 0 heterocycles. The number of nitro benzene ring substituents is 2. The monoisotopic (exact) mass is 383 g/mol. The maximum absolute atomic E-state index is 12.0. The van der Waals surface area contributed by atoms with Gasteiger partial charge in [0, 0.05) is 19.5 Å². The zero-order valence-electron chi connectivity index (χ0n) is 14.2. The Hall–Kier alpha value is -3.77. The average Bonchev–Trinajstić information content (AvgIpc) is 2.57. The highest BCUT2D eigenvalue weighted by atomic mass is 16.6. The van der Waals surface area contributed by atoms with Crippen molar-refractivity contribution in [2.45, 2.75) is 18.9 Å². The van der Waals surface area contributed by atoms with E-state index in [1.165, 1.54) is 7.05 Å². The van der Waals surface area contributed by atoms with Gasteiger partial charge in [-0.05, 0) is 12.5 Å². The molecule has 1 atom stereocenters. The van der Waals surface area contributed by atoms with Gasteiger partial charge in [0.05, 0.1) is 22.5 Å². The van der Waals surface area contributed by atoms with Gasteiger partial charge >= 0.3 is 5.97 Å². The Morgan fingerprint density at radius 1 is 1.26 bits per heavy atom. The summed E-state index contributed by atoms with van der Waals surface area (Å²) < 4.78 is 0. The van der Waals surface area contributed by atoms with Crippen LogP contribution in [0.5, 0.6) is 0 Å². The molecule has 27 heavy (non-hydrogen) atoms. The molecule has 4 N–H and O–H groups in total. The maximum Gasteiger partial charge on any atom is 0.326 e. The maximum atomic E-state index is 12.0. The SMILES string of the molecule is CN(CC(=O)N[C@@H](CCC(N)=O)C(=O)O)c1ccc([N+](=O)[O-])cc1[N+](=O)[O-]. The number of rotatable bonds is 10. The van der Waals surface area contributed by atoms with Crippen LogP contribution in [-0.4, -0.2) is 52.4 Å².